The quantitative estimate of drug-likeness (QED) is 0.465. The smallest absolute Gasteiger partial charge is 0.315 e. The Morgan fingerprint density at radius 1 is 0.857 bits per heavy atom. The van der Waals surface area contributed by atoms with Crippen LogP contribution in [0.5, 0.6) is 0 Å². The Morgan fingerprint density at radius 3 is 2.14 bits per heavy atom. The lowest BCUT2D eigenvalue weighted by Crippen LogP contribution is -2.61. The first-order chi connectivity index (χ1) is 16.9. The third-order valence-corrected chi connectivity index (χ3v) is 7.55. The van der Waals surface area contributed by atoms with Gasteiger partial charge in [0.25, 0.3) is 5.91 Å². The highest BCUT2D eigenvalue weighted by atomic mass is 19.1. The van der Waals surface area contributed by atoms with Crippen LogP contribution in [-0.4, -0.2) is 29.9 Å². The number of anilines is 2. The Hall–Kier alpha value is -3.42. The van der Waals surface area contributed by atoms with Crippen molar-refractivity contribution in [1.82, 2.24) is 10.6 Å². The maximum absolute atomic E-state index is 13.3. The summed E-state index contributed by atoms with van der Waals surface area (Å²) in [5.74, 6) is 1.14. The van der Waals surface area contributed by atoms with Crippen LogP contribution in [0, 0.1) is 23.6 Å². The normalized spacial score (nSPS) is 26.1. The van der Waals surface area contributed by atoms with E-state index < -0.39 is 11.7 Å². The molecule has 4 aliphatic carbocycles. The van der Waals surface area contributed by atoms with E-state index >= 15 is 0 Å². The molecule has 2 aromatic carbocycles. The molecule has 4 bridgehead atoms. The number of hydrogen-bond acceptors (Lipinski definition) is 3. The van der Waals surface area contributed by atoms with Gasteiger partial charge in [-0.3, -0.25) is 9.59 Å². The van der Waals surface area contributed by atoms with Crippen molar-refractivity contribution in [2.75, 3.05) is 17.2 Å². The predicted octanol–water partition coefficient (Wildman–Crippen LogP) is 4.67. The number of urea groups is 1. The largest absolute Gasteiger partial charge is 0.338 e. The van der Waals surface area contributed by atoms with Gasteiger partial charge in [0.05, 0.1) is 0 Å². The van der Waals surface area contributed by atoms with E-state index in [-0.39, 0.29) is 30.4 Å². The number of halogens is 1. The van der Waals surface area contributed by atoms with E-state index in [1.807, 2.05) is 0 Å². The van der Waals surface area contributed by atoms with E-state index in [9.17, 15) is 18.8 Å². The second-order valence-electron chi connectivity index (χ2n) is 10.4. The van der Waals surface area contributed by atoms with Gasteiger partial charge in [0.1, 0.15) is 5.82 Å². The number of carbonyl (C=O) groups is 3. The van der Waals surface area contributed by atoms with Gasteiger partial charge in [-0.2, -0.15) is 0 Å². The van der Waals surface area contributed by atoms with Crippen molar-refractivity contribution in [2.45, 2.75) is 50.5 Å². The summed E-state index contributed by atoms with van der Waals surface area (Å²) in [5.41, 5.74) is 1.09. The summed E-state index contributed by atoms with van der Waals surface area (Å²) >= 11 is 0. The van der Waals surface area contributed by atoms with Gasteiger partial charge in [0, 0.05) is 35.4 Å². The molecule has 0 unspecified atom stereocenters. The lowest BCUT2D eigenvalue weighted by atomic mass is 9.53. The summed E-state index contributed by atoms with van der Waals surface area (Å²) in [6, 6.07) is 12.0. The summed E-state index contributed by atoms with van der Waals surface area (Å²) in [4.78, 5) is 37.4. The monoisotopic (exact) mass is 478 g/mol. The summed E-state index contributed by atoms with van der Waals surface area (Å²) in [7, 11) is 0. The topological polar surface area (TPSA) is 99.3 Å². The summed E-state index contributed by atoms with van der Waals surface area (Å²) in [6.07, 6.45) is 7.30. The Labute approximate surface area is 204 Å². The van der Waals surface area contributed by atoms with Gasteiger partial charge >= 0.3 is 6.03 Å². The van der Waals surface area contributed by atoms with Crippen molar-refractivity contribution in [3.8, 4) is 0 Å². The minimum atomic E-state index is -0.441. The predicted molar refractivity (Wildman–Crippen MR) is 131 cm³/mol. The van der Waals surface area contributed by atoms with Gasteiger partial charge in [-0.1, -0.05) is 12.1 Å². The Bertz CT molecular complexity index is 1100. The lowest BCUT2D eigenvalue weighted by Gasteiger charge is -2.56. The van der Waals surface area contributed by atoms with Crippen LogP contribution < -0.4 is 21.3 Å². The van der Waals surface area contributed by atoms with Crippen LogP contribution in [-0.2, 0) is 4.79 Å². The molecule has 6 rings (SSSR count). The molecule has 0 spiro atoms. The molecule has 35 heavy (non-hydrogen) atoms. The fourth-order valence-electron chi connectivity index (χ4n) is 6.57. The first kappa shape index (κ1) is 23.3. The molecule has 184 valence electrons. The van der Waals surface area contributed by atoms with E-state index in [0.29, 0.717) is 16.9 Å². The fourth-order valence-corrected chi connectivity index (χ4v) is 6.57. The van der Waals surface area contributed by atoms with Crippen LogP contribution in [0.1, 0.15) is 55.3 Å². The second kappa shape index (κ2) is 9.68. The Balaban J connectivity index is 1.07. The SMILES string of the molecule is O=C(CCNC(=O)NC12CC3CC(CC(C3)C1)C2)Nc1cccc(C(=O)Nc2cccc(F)c2)c1. The number of nitrogens with one attached hydrogen (secondary N) is 4. The first-order valence-electron chi connectivity index (χ1n) is 12.4. The van der Waals surface area contributed by atoms with Crippen molar-refractivity contribution >= 4 is 29.2 Å². The zero-order chi connectivity index (χ0) is 24.4. The Kier molecular flexibility index (Phi) is 6.45. The molecule has 4 saturated carbocycles. The van der Waals surface area contributed by atoms with Crippen molar-refractivity contribution in [3.63, 3.8) is 0 Å². The van der Waals surface area contributed by atoms with Crippen molar-refractivity contribution in [1.29, 1.82) is 0 Å². The molecule has 4 N–H and O–H groups in total. The third kappa shape index (κ3) is 5.63. The van der Waals surface area contributed by atoms with Crippen LogP contribution in [0.15, 0.2) is 48.5 Å². The maximum Gasteiger partial charge on any atom is 0.315 e. The van der Waals surface area contributed by atoms with Crippen LogP contribution >= 0.6 is 0 Å². The average molecular weight is 479 g/mol. The number of hydrogen-bond donors (Lipinski definition) is 4. The van der Waals surface area contributed by atoms with Crippen LogP contribution in [0.4, 0.5) is 20.6 Å². The highest BCUT2D eigenvalue weighted by molar-refractivity contribution is 6.05. The molecule has 0 radical (unpaired) electrons. The summed E-state index contributed by atoms with van der Waals surface area (Å²) < 4.78 is 13.3. The number of rotatable bonds is 7. The highest BCUT2D eigenvalue weighted by Crippen LogP contribution is 2.55. The van der Waals surface area contributed by atoms with E-state index in [1.165, 1.54) is 37.5 Å². The molecule has 4 aliphatic rings. The molecule has 2 aromatic rings. The summed E-state index contributed by atoms with van der Waals surface area (Å²) in [5, 5.41) is 11.5. The van der Waals surface area contributed by atoms with Crippen molar-refractivity contribution in [2.24, 2.45) is 17.8 Å². The molecule has 0 saturated heterocycles. The third-order valence-electron chi connectivity index (χ3n) is 7.55. The molecule has 0 aromatic heterocycles. The zero-order valence-electron chi connectivity index (χ0n) is 19.6. The van der Waals surface area contributed by atoms with Gasteiger partial charge in [-0.15, -0.1) is 0 Å². The molecule has 4 amide bonds. The van der Waals surface area contributed by atoms with E-state index in [1.54, 1.807) is 30.3 Å². The van der Waals surface area contributed by atoms with E-state index in [4.69, 9.17) is 0 Å². The van der Waals surface area contributed by atoms with Gasteiger partial charge in [0.2, 0.25) is 5.91 Å². The van der Waals surface area contributed by atoms with Crippen molar-refractivity contribution in [3.05, 3.63) is 59.9 Å². The standard InChI is InChI=1S/C27H31FN4O3/c28-21-4-2-6-23(13-21)31-25(34)20-3-1-5-22(12-20)30-24(33)7-8-29-26(35)32-27-14-17-9-18(15-27)11-19(10-17)16-27/h1-6,12-13,17-19H,7-11,14-16H2,(H,30,33)(H,31,34)(H2,29,32,35). The maximum atomic E-state index is 13.3. The number of benzene rings is 2. The zero-order valence-corrected chi connectivity index (χ0v) is 19.6. The minimum Gasteiger partial charge on any atom is -0.338 e. The van der Waals surface area contributed by atoms with Crippen LogP contribution in [0.2, 0.25) is 0 Å². The fraction of sp³-hybridized carbons (Fsp3) is 0.444. The molecular formula is C27H31FN4O3. The van der Waals surface area contributed by atoms with Gasteiger partial charge in [0.15, 0.2) is 0 Å². The van der Waals surface area contributed by atoms with Gasteiger partial charge < -0.3 is 21.3 Å². The molecule has 4 fully saturated rings. The molecule has 0 heterocycles. The number of amides is 4. The van der Waals surface area contributed by atoms with Crippen LogP contribution in [0.25, 0.3) is 0 Å². The molecule has 0 atom stereocenters. The van der Waals surface area contributed by atoms with E-state index in [0.717, 1.165) is 37.0 Å². The van der Waals surface area contributed by atoms with Crippen molar-refractivity contribution < 1.29 is 18.8 Å². The first-order valence-corrected chi connectivity index (χ1v) is 12.4. The molecule has 7 nitrogen and oxygen atoms in total. The van der Waals surface area contributed by atoms with Gasteiger partial charge in [-0.25, -0.2) is 9.18 Å². The molecular weight excluding hydrogens is 447 g/mol. The lowest BCUT2D eigenvalue weighted by molar-refractivity contribution is -0.116. The minimum absolute atomic E-state index is 0.0619. The second-order valence-corrected chi connectivity index (χ2v) is 10.4. The molecule has 8 heteroatoms. The van der Waals surface area contributed by atoms with Crippen LogP contribution in [0.3, 0.4) is 0 Å². The highest BCUT2D eigenvalue weighted by Gasteiger charge is 2.51. The molecule has 0 aliphatic heterocycles. The van der Waals surface area contributed by atoms with Gasteiger partial charge in [-0.05, 0) is 92.7 Å². The average Bonchev–Trinajstić information content (AvgIpc) is 2.78. The summed E-state index contributed by atoms with van der Waals surface area (Å²) in [6.45, 7) is 0.226. The Morgan fingerprint density at radius 2 is 1.49 bits per heavy atom. The van der Waals surface area contributed by atoms with E-state index in [2.05, 4.69) is 21.3 Å². The number of carbonyl (C=O) groups excluding carboxylic acids is 3.